The second-order valence-corrected chi connectivity index (χ2v) is 5.67. The number of nitrogens with one attached hydrogen (secondary N) is 1. The molecule has 0 aliphatic carbocycles. The van der Waals surface area contributed by atoms with Crippen LogP contribution < -0.4 is 5.32 Å². The minimum atomic E-state index is 0.415. The Morgan fingerprint density at radius 3 is 2.68 bits per heavy atom. The Morgan fingerprint density at radius 1 is 1.26 bits per heavy atom. The van der Waals surface area contributed by atoms with Crippen molar-refractivity contribution in [3.63, 3.8) is 0 Å². The smallest absolute Gasteiger partial charge is 0.203 e. The van der Waals surface area contributed by atoms with E-state index in [2.05, 4.69) is 59.2 Å². The van der Waals surface area contributed by atoms with Gasteiger partial charge in [0, 0.05) is 12.7 Å². The Hall–Kier alpha value is -1.77. The van der Waals surface area contributed by atoms with E-state index in [1.165, 1.54) is 11.1 Å². The Labute approximate surface area is 114 Å². The van der Waals surface area contributed by atoms with Gasteiger partial charge in [0.15, 0.2) is 0 Å². The highest BCUT2D eigenvalue weighted by molar-refractivity contribution is 5.36. The number of aryl methyl sites for hydroxylation is 1. The highest BCUT2D eigenvalue weighted by Gasteiger charge is 2.21. The molecule has 0 saturated carbocycles. The van der Waals surface area contributed by atoms with Gasteiger partial charge in [-0.2, -0.15) is 0 Å². The van der Waals surface area contributed by atoms with E-state index in [1.807, 2.05) is 6.92 Å². The Morgan fingerprint density at radius 2 is 2.00 bits per heavy atom. The largest absolute Gasteiger partial charge is 0.356 e. The quantitative estimate of drug-likeness (QED) is 0.886. The van der Waals surface area contributed by atoms with Crippen LogP contribution in [0.1, 0.15) is 49.0 Å². The third-order valence-corrected chi connectivity index (χ3v) is 3.88. The van der Waals surface area contributed by atoms with Crippen LogP contribution in [0.25, 0.3) is 0 Å². The van der Waals surface area contributed by atoms with Crippen molar-refractivity contribution < 1.29 is 0 Å². The number of imidazole rings is 1. The number of hydrogen-bond acceptors (Lipinski definition) is 2. The molecule has 1 aliphatic heterocycles. The molecular formula is C16H21N3. The number of benzene rings is 1. The molecule has 3 rings (SSSR count). The van der Waals surface area contributed by atoms with Crippen molar-refractivity contribution in [3.8, 4) is 0 Å². The fourth-order valence-corrected chi connectivity index (χ4v) is 2.77. The molecule has 0 fully saturated rings. The maximum atomic E-state index is 4.52. The van der Waals surface area contributed by atoms with Crippen molar-refractivity contribution in [1.82, 2.24) is 9.55 Å². The van der Waals surface area contributed by atoms with Gasteiger partial charge < -0.3 is 9.88 Å². The number of nitrogens with zero attached hydrogens (tertiary/aromatic N) is 2. The number of aromatic nitrogens is 2. The van der Waals surface area contributed by atoms with Gasteiger partial charge in [-0.15, -0.1) is 0 Å². The summed E-state index contributed by atoms with van der Waals surface area (Å²) in [5.41, 5.74) is 3.86. The van der Waals surface area contributed by atoms with Crippen LogP contribution in [-0.2, 0) is 0 Å². The van der Waals surface area contributed by atoms with Crippen molar-refractivity contribution >= 4 is 5.95 Å². The van der Waals surface area contributed by atoms with Crippen LogP contribution in [0, 0.1) is 6.92 Å². The second kappa shape index (κ2) is 4.72. The van der Waals surface area contributed by atoms with Gasteiger partial charge in [-0.1, -0.05) is 38.1 Å². The summed E-state index contributed by atoms with van der Waals surface area (Å²) in [5.74, 6) is 1.59. The first-order valence-corrected chi connectivity index (χ1v) is 7.04. The van der Waals surface area contributed by atoms with Crippen molar-refractivity contribution in [2.45, 2.75) is 39.2 Å². The lowest BCUT2D eigenvalue weighted by Crippen LogP contribution is -2.23. The van der Waals surface area contributed by atoms with Crippen LogP contribution in [0.5, 0.6) is 0 Å². The maximum absolute atomic E-state index is 4.52. The first kappa shape index (κ1) is 12.3. The van der Waals surface area contributed by atoms with Crippen LogP contribution >= 0.6 is 0 Å². The summed E-state index contributed by atoms with van der Waals surface area (Å²) in [7, 11) is 0. The summed E-state index contributed by atoms with van der Waals surface area (Å²) in [4.78, 5) is 4.52. The number of hydrogen-bond donors (Lipinski definition) is 1. The SMILES string of the molecule is Cc1cn2c(n1)NCCC2c1ccc(C(C)C)cc1. The summed E-state index contributed by atoms with van der Waals surface area (Å²) < 4.78 is 2.27. The molecule has 0 radical (unpaired) electrons. The Balaban J connectivity index is 1.94. The summed E-state index contributed by atoms with van der Waals surface area (Å²) in [6.45, 7) is 7.51. The molecule has 100 valence electrons. The lowest BCUT2D eigenvalue weighted by Gasteiger charge is -2.26. The third-order valence-electron chi connectivity index (χ3n) is 3.88. The molecular weight excluding hydrogens is 234 g/mol. The Bertz CT molecular complexity index is 566. The maximum Gasteiger partial charge on any atom is 0.203 e. The van der Waals surface area contributed by atoms with Gasteiger partial charge in [-0.3, -0.25) is 0 Å². The summed E-state index contributed by atoms with van der Waals surface area (Å²) in [5, 5.41) is 3.36. The van der Waals surface area contributed by atoms with Crippen LogP contribution in [0.15, 0.2) is 30.5 Å². The first-order valence-electron chi connectivity index (χ1n) is 7.04. The molecule has 0 amide bonds. The van der Waals surface area contributed by atoms with Crippen LogP contribution in [0.2, 0.25) is 0 Å². The molecule has 0 bridgehead atoms. The zero-order chi connectivity index (χ0) is 13.4. The fourth-order valence-electron chi connectivity index (χ4n) is 2.77. The van der Waals surface area contributed by atoms with Crippen LogP contribution in [0.4, 0.5) is 5.95 Å². The first-order chi connectivity index (χ1) is 9.15. The average molecular weight is 255 g/mol. The average Bonchev–Trinajstić information content (AvgIpc) is 2.78. The van der Waals surface area contributed by atoms with Crippen LogP contribution in [0.3, 0.4) is 0 Å². The van der Waals surface area contributed by atoms with E-state index in [0.717, 1.165) is 24.6 Å². The molecule has 0 spiro atoms. The molecule has 0 saturated heterocycles. The monoisotopic (exact) mass is 255 g/mol. The predicted octanol–water partition coefficient (Wildman–Crippen LogP) is 3.72. The van der Waals surface area contributed by atoms with Gasteiger partial charge in [-0.05, 0) is 30.4 Å². The molecule has 1 aliphatic rings. The molecule has 1 atom stereocenters. The van der Waals surface area contributed by atoms with E-state index in [4.69, 9.17) is 0 Å². The highest BCUT2D eigenvalue weighted by Crippen LogP contribution is 2.30. The molecule has 2 aromatic rings. The zero-order valence-corrected chi connectivity index (χ0v) is 11.9. The van der Waals surface area contributed by atoms with Gasteiger partial charge in [-0.25, -0.2) is 4.98 Å². The van der Waals surface area contributed by atoms with Gasteiger partial charge >= 0.3 is 0 Å². The lowest BCUT2D eigenvalue weighted by atomic mass is 9.97. The topological polar surface area (TPSA) is 29.9 Å². The van der Waals surface area contributed by atoms with E-state index in [9.17, 15) is 0 Å². The van der Waals surface area contributed by atoms with E-state index < -0.39 is 0 Å². The minimum absolute atomic E-state index is 0.415. The van der Waals surface area contributed by atoms with E-state index in [1.54, 1.807) is 0 Å². The molecule has 1 aromatic carbocycles. The molecule has 3 nitrogen and oxygen atoms in total. The van der Waals surface area contributed by atoms with Gasteiger partial charge in [0.1, 0.15) is 0 Å². The predicted molar refractivity (Wildman–Crippen MR) is 78.7 cm³/mol. The number of rotatable bonds is 2. The zero-order valence-electron chi connectivity index (χ0n) is 11.9. The normalized spacial score (nSPS) is 18.2. The molecule has 3 heteroatoms. The Kier molecular flexibility index (Phi) is 3.05. The summed E-state index contributed by atoms with van der Waals surface area (Å²) in [6.07, 6.45) is 3.26. The van der Waals surface area contributed by atoms with Crippen molar-refractivity contribution in [1.29, 1.82) is 0 Å². The number of anilines is 1. The van der Waals surface area contributed by atoms with Crippen molar-refractivity contribution in [3.05, 3.63) is 47.3 Å². The standard InChI is InChI=1S/C16H21N3/c1-11(2)13-4-6-14(7-5-13)15-8-9-17-16-18-12(3)10-19(15)16/h4-7,10-11,15H,8-9H2,1-3H3,(H,17,18). The second-order valence-electron chi connectivity index (χ2n) is 5.67. The fraction of sp³-hybridized carbons (Fsp3) is 0.438. The van der Waals surface area contributed by atoms with Crippen LogP contribution in [-0.4, -0.2) is 16.1 Å². The van der Waals surface area contributed by atoms with Gasteiger partial charge in [0.25, 0.3) is 0 Å². The summed E-state index contributed by atoms with van der Waals surface area (Å²) >= 11 is 0. The van der Waals surface area contributed by atoms with E-state index in [-0.39, 0.29) is 0 Å². The minimum Gasteiger partial charge on any atom is -0.356 e. The molecule has 2 heterocycles. The molecule has 1 unspecified atom stereocenters. The molecule has 19 heavy (non-hydrogen) atoms. The third kappa shape index (κ3) is 2.25. The van der Waals surface area contributed by atoms with Crippen molar-refractivity contribution in [2.24, 2.45) is 0 Å². The van der Waals surface area contributed by atoms with Gasteiger partial charge in [0.2, 0.25) is 5.95 Å². The molecule has 1 aromatic heterocycles. The van der Waals surface area contributed by atoms with E-state index in [0.29, 0.717) is 12.0 Å². The highest BCUT2D eigenvalue weighted by atomic mass is 15.2. The van der Waals surface area contributed by atoms with E-state index >= 15 is 0 Å². The lowest BCUT2D eigenvalue weighted by molar-refractivity contribution is 0.530. The summed E-state index contributed by atoms with van der Waals surface area (Å²) in [6, 6.07) is 9.46. The van der Waals surface area contributed by atoms with Crippen molar-refractivity contribution in [2.75, 3.05) is 11.9 Å². The van der Waals surface area contributed by atoms with Gasteiger partial charge in [0.05, 0.1) is 11.7 Å². The number of fused-ring (bicyclic) bond motifs is 1. The molecule has 1 N–H and O–H groups in total.